The summed E-state index contributed by atoms with van der Waals surface area (Å²) in [5.74, 6) is 3.13. The second kappa shape index (κ2) is 11.2. The maximum Gasteiger partial charge on any atom is 0.340 e. The van der Waals surface area contributed by atoms with Crippen molar-refractivity contribution in [2.45, 2.75) is 77.9 Å². The average Bonchev–Trinajstić information content (AvgIpc) is 3.69. The Morgan fingerprint density at radius 2 is 1.90 bits per heavy atom. The van der Waals surface area contributed by atoms with Gasteiger partial charge in [0.25, 0.3) is 0 Å². The van der Waals surface area contributed by atoms with Crippen molar-refractivity contribution in [2.24, 2.45) is 17.8 Å². The maximum atomic E-state index is 11.9. The van der Waals surface area contributed by atoms with Gasteiger partial charge in [0.2, 0.25) is 0 Å². The van der Waals surface area contributed by atoms with E-state index in [0.717, 1.165) is 53.4 Å². The first-order chi connectivity index (χ1) is 19.0. The summed E-state index contributed by atoms with van der Waals surface area (Å²) in [4.78, 5) is 29.3. The lowest BCUT2D eigenvalue weighted by Crippen LogP contribution is -2.23. The van der Waals surface area contributed by atoms with Gasteiger partial charge in [0.05, 0.1) is 21.7 Å². The van der Waals surface area contributed by atoms with Crippen LogP contribution in [0.4, 0.5) is 0 Å². The van der Waals surface area contributed by atoms with E-state index >= 15 is 0 Å². The fraction of sp³-hybridized carbons (Fsp3) is 0.552. The summed E-state index contributed by atoms with van der Waals surface area (Å²) >= 11 is 6.40. The fourth-order valence-corrected chi connectivity index (χ4v) is 6.64. The molecule has 10 heteroatoms. The Bertz CT molecular complexity index is 1500. The second-order valence-corrected chi connectivity index (χ2v) is 11.7. The van der Waals surface area contributed by atoms with Crippen LogP contribution in [0.25, 0.3) is 33.8 Å². The summed E-state index contributed by atoms with van der Waals surface area (Å²) in [5.41, 5.74) is 3.44. The SMILES string of the molecule is CCOC(c1nc2cc(-c3n[nH]c(=O)[nH]3)nc(-c3cncc(Cl)c3)c2n1C[C@H]1CC[C@H](C)CC1)C1CCCC1. The first-order valence-corrected chi connectivity index (χ1v) is 14.7. The molecule has 2 fully saturated rings. The number of nitrogens with zero attached hydrogens (tertiary/aromatic N) is 5. The molecule has 0 saturated heterocycles. The molecular formula is C29H36ClN7O2. The third kappa shape index (κ3) is 5.39. The Hall–Kier alpha value is -3.04. The van der Waals surface area contributed by atoms with Crippen molar-refractivity contribution in [3.63, 3.8) is 0 Å². The lowest BCUT2D eigenvalue weighted by Gasteiger charge is -2.29. The maximum absolute atomic E-state index is 11.9. The van der Waals surface area contributed by atoms with Crippen LogP contribution in [-0.2, 0) is 11.3 Å². The zero-order valence-electron chi connectivity index (χ0n) is 22.6. The number of aromatic nitrogens is 7. The lowest BCUT2D eigenvalue weighted by atomic mass is 9.83. The molecule has 206 valence electrons. The summed E-state index contributed by atoms with van der Waals surface area (Å²) in [6.45, 7) is 5.92. The molecule has 2 N–H and O–H groups in total. The van der Waals surface area contributed by atoms with Crippen molar-refractivity contribution in [3.8, 4) is 22.8 Å². The van der Waals surface area contributed by atoms with E-state index in [1.807, 2.05) is 12.1 Å². The van der Waals surface area contributed by atoms with Crippen molar-refractivity contribution in [2.75, 3.05) is 6.61 Å². The minimum atomic E-state index is -0.381. The number of hydrogen-bond acceptors (Lipinski definition) is 6. The Morgan fingerprint density at radius 1 is 1.10 bits per heavy atom. The zero-order valence-corrected chi connectivity index (χ0v) is 23.4. The highest BCUT2D eigenvalue weighted by molar-refractivity contribution is 6.30. The third-order valence-electron chi connectivity index (χ3n) is 8.48. The smallest absolute Gasteiger partial charge is 0.340 e. The number of hydrogen-bond donors (Lipinski definition) is 2. The van der Waals surface area contributed by atoms with Crippen molar-refractivity contribution in [1.82, 2.24) is 34.7 Å². The minimum Gasteiger partial charge on any atom is -0.370 e. The van der Waals surface area contributed by atoms with Crippen LogP contribution < -0.4 is 5.69 Å². The Labute approximate surface area is 232 Å². The average molecular weight is 550 g/mol. The Morgan fingerprint density at radius 3 is 2.59 bits per heavy atom. The van der Waals surface area contributed by atoms with Gasteiger partial charge < -0.3 is 9.30 Å². The van der Waals surface area contributed by atoms with E-state index < -0.39 is 0 Å². The number of pyridine rings is 2. The molecule has 39 heavy (non-hydrogen) atoms. The van der Waals surface area contributed by atoms with Gasteiger partial charge in [-0.1, -0.05) is 44.2 Å². The monoisotopic (exact) mass is 549 g/mol. The molecule has 0 bridgehead atoms. The standard InChI is InChI=1S/C29H36ClN7O2/c1-3-39-26(19-6-4-5-7-19)28-33-22-13-23(27-34-29(38)36-35-27)32-24(20-12-21(30)15-31-14-20)25(22)37(28)16-18-10-8-17(2)9-11-18/h12-15,17-19,26H,3-11,16H2,1-2H3,(H2,34,35,36,38)/t17-,18-,26?. The van der Waals surface area contributed by atoms with Gasteiger partial charge in [0, 0.05) is 31.1 Å². The van der Waals surface area contributed by atoms with E-state index in [4.69, 9.17) is 26.3 Å². The molecule has 2 saturated carbocycles. The first kappa shape index (κ1) is 26.2. The summed E-state index contributed by atoms with van der Waals surface area (Å²) in [7, 11) is 0. The van der Waals surface area contributed by atoms with Crippen LogP contribution in [0.3, 0.4) is 0 Å². The van der Waals surface area contributed by atoms with Crippen LogP contribution in [0.15, 0.2) is 29.3 Å². The van der Waals surface area contributed by atoms with Crippen LogP contribution in [-0.4, -0.2) is 41.3 Å². The van der Waals surface area contributed by atoms with Gasteiger partial charge in [-0.15, -0.1) is 0 Å². The van der Waals surface area contributed by atoms with Crippen LogP contribution in [0, 0.1) is 17.8 Å². The molecular weight excluding hydrogens is 514 g/mol. The van der Waals surface area contributed by atoms with Gasteiger partial charge in [-0.2, -0.15) is 5.10 Å². The fourth-order valence-electron chi connectivity index (χ4n) is 6.46. The first-order valence-electron chi connectivity index (χ1n) is 14.3. The predicted octanol–water partition coefficient (Wildman–Crippen LogP) is 6.32. The number of H-pyrrole nitrogens is 2. The van der Waals surface area contributed by atoms with E-state index in [1.54, 1.807) is 12.4 Å². The van der Waals surface area contributed by atoms with Crippen LogP contribution >= 0.6 is 11.6 Å². The lowest BCUT2D eigenvalue weighted by molar-refractivity contribution is 0.0114. The molecule has 4 aromatic heterocycles. The minimum absolute atomic E-state index is 0.0774. The summed E-state index contributed by atoms with van der Waals surface area (Å²) in [5, 5.41) is 7.13. The summed E-state index contributed by atoms with van der Waals surface area (Å²) < 4.78 is 8.85. The molecule has 0 aromatic carbocycles. The Balaban J connectivity index is 1.58. The number of fused-ring (bicyclic) bond motifs is 1. The summed E-state index contributed by atoms with van der Waals surface area (Å²) in [6, 6.07) is 3.80. The molecule has 0 radical (unpaired) electrons. The largest absolute Gasteiger partial charge is 0.370 e. The van der Waals surface area contributed by atoms with E-state index in [1.165, 1.54) is 38.5 Å². The molecule has 0 amide bonds. The number of aromatic amines is 2. The number of imidazole rings is 1. The van der Waals surface area contributed by atoms with Crippen molar-refractivity contribution < 1.29 is 4.74 Å². The molecule has 4 heterocycles. The van der Waals surface area contributed by atoms with E-state index in [0.29, 0.717) is 35.0 Å². The van der Waals surface area contributed by atoms with Gasteiger partial charge in [-0.05, 0) is 62.5 Å². The second-order valence-electron chi connectivity index (χ2n) is 11.3. The zero-order chi connectivity index (χ0) is 26.9. The molecule has 9 nitrogen and oxygen atoms in total. The highest BCUT2D eigenvalue weighted by Crippen LogP contribution is 2.42. The van der Waals surface area contributed by atoms with Gasteiger partial charge >= 0.3 is 5.69 Å². The number of rotatable bonds is 8. The molecule has 0 spiro atoms. The van der Waals surface area contributed by atoms with E-state index in [-0.39, 0.29) is 11.8 Å². The van der Waals surface area contributed by atoms with E-state index in [9.17, 15) is 4.79 Å². The number of ether oxygens (including phenoxy) is 1. The molecule has 6 rings (SSSR count). The van der Waals surface area contributed by atoms with Gasteiger partial charge in [-0.25, -0.2) is 19.9 Å². The number of halogens is 1. The highest BCUT2D eigenvalue weighted by atomic mass is 35.5. The molecule has 0 aliphatic heterocycles. The summed E-state index contributed by atoms with van der Waals surface area (Å²) in [6.07, 6.45) is 13.0. The van der Waals surface area contributed by atoms with Crippen molar-refractivity contribution >= 4 is 22.6 Å². The van der Waals surface area contributed by atoms with Crippen LogP contribution in [0.2, 0.25) is 5.02 Å². The molecule has 1 unspecified atom stereocenters. The Kier molecular flexibility index (Phi) is 7.53. The quantitative estimate of drug-likeness (QED) is 0.266. The van der Waals surface area contributed by atoms with Crippen molar-refractivity contribution in [1.29, 1.82) is 0 Å². The third-order valence-corrected chi connectivity index (χ3v) is 8.69. The topological polar surface area (TPSA) is 114 Å². The molecule has 4 aromatic rings. The highest BCUT2D eigenvalue weighted by Gasteiger charge is 2.33. The van der Waals surface area contributed by atoms with Gasteiger partial charge in [0.1, 0.15) is 17.6 Å². The predicted molar refractivity (Wildman–Crippen MR) is 151 cm³/mol. The van der Waals surface area contributed by atoms with Crippen LogP contribution in [0.1, 0.15) is 77.1 Å². The molecule has 1 atom stereocenters. The normalized spacial score (nSPS) is 21.1. The van der Waals surface area contributed by atoms with E-state index in [2.05, 4.69) is 38.6 Å². The molecule has 2 aliphatic carbocycles. The molecule has 2 aliphatic rings. The van der Waals surface area contributed by atoms with Gasteiger partial charge in [0.15, 0.2) is 5.82 Å². The van der Waals surface area contributed by atoms with Gasteiger partial charge in [-0.3, -0.25) is 9.97 Å². The van der Waals surface area contributed by atoms with Crippen molar-refractivity contribution in [3.05, 3.63) is 45.9 Å². The van der Waals surface area contributed by atoms with Crippen LogP contribution in [0.5, 0.6) is 0 Å². The number of nitrogens with one attached hydrogen (secondary N) is 2.